The Morgan fingerprint density at radius 1 is 0.320 bits per heavy atom. The SMILES string of the molecule is CCC[C@@H](CCCCCCC[C@H](O)CC(=O)O)O[C@@H]1O[C@H](C)[C@H](O)[C@H](O)[C@H]1O[C@@H]1O[C@H](CO)[C@@H](O)[C@H](O)[C@H]1O[C@@H]1O[C@@H](C)[C@H](O[C@@H]2O[C@H](C)[C@@H](O)[C@H](O)[C@H]2O)[C@@H](O[C@@H]2O[C@H](CO)[C@@H](O)[C@H](O)[C@H]2O[C@@H]2O[C@H](C)[C@@H](O)[C@H](O[C@@H]3O[C@@H](C)[C@H](O)[C@@H](O)[C@H]3O)[C@H]2O)[C@H]1O[C@@H]1O[C@@H](C)[C@H](O)[C@@H](O)[C@H]1O. The van der Waals surface area contributed by atoms with Crippen molar-refractivity contribution in [3.8, 4) is 0 Å². The van der Waals surface area contributed by atoms with E-state index in [1.165, 1.54) is 41.5 Å². The molecule has 0 aromatic rings. The predicted octanol–water partition coefficient (Wildman–Crippen LogP) is -8.53. The molecule has 8 saturated heterocycles. The van der Waals surface area contributed by atoms with Crippen molar-refractivity contribution in [1.82, 2.24) is 0 Å². The maximum absolute atomic E-state index is 12.2. The van der Waals surface area contributed by atoms with E-state index < -0.39 is 277 Å². The lowest BCUT2D eigenvalue weighted by Crippen LogP contribution is -2.70. The fraction of sp³-hybridized carbons (Fsp3) is 0.984. The van der Waals surface area contributed by atoms with E-state index in [1.807, 2.05) is 6.92 Å². The Labute approximate surface area is 576 Å². The largest absolute Gasteiger partial charge is 0.481 e. The number of aliphatic hydroxyl groups is 20. The molecular formula is C62H108O38. The Kier molecular flexibility index (Phi) is 31.1. The molecule has 584 valence electrons. The summed E-state index contributed by atoms with van der Waals surface area (Å²) in [5.41, 5.74) is 0. The molecule has 0 aliphatic carbocycles. The molecule has 21 N–H and O–H groups in total. The lowest BCUT2D eigenvalue weighted by Gasteiger charge is -2.53. The first-order chi connectivity index (χ1) is 47.2. The highest BCUT2D eigenvalue weighted by Gasteiger charge is 2.61. The highest BCUT2D eigenvalue weighted by Crippen LogP contribution is 2.42. The summed E-state index contributed by atoms with van der Waals surface area (Å²) in [6, 6.07) is 0. The zero-order valence-corrected chi connectivity index (χ0v) is 56.6. The highest BCUT2D eigenvalue weighted by atomic mass is 16.8. The average Bonchev–Trinajstić information content (AvgIpc) is 0.759. The molecule has 0 aromatic carbocycles. The molecule has 42 atom stereocenters. The number of unbranched alkanes of at least 4 members (excludes halogenated alkanes) is 4. The number of carboxylic acid groups (broad SMARTS) is 1. The number of carbonyl (C=O) groups is 1. The van der Waals surface area contributed by atoms with Gasteiger partial charge in [-0.2, -0.15) is 0 Å². The summed E-state index contributed by atoms with van der Waals surface area (Å²) in [4.78, 5) is 11.0. The Balaban J connectivity index is 1.16. The summed E-state index contributed by atoms with van der Waals surface area (Å²) in [6.45, 7) is 7.82. The molecule has 8 heterocycles. The van der Waals surface area contributed by atoms with Gasteiger partial charge in [-0.25, -0.2) is 0 Å². The van der Waals surface area contributed by atoms with Crippen molar-refractivity contribution in [2.24, 2.45) is 0 Å². The van der Waals surface area contributed by atoms with Crippen molar-refractivity contribution in [1.29, 1.82) is 0 Å². The second-order valence-corrected chi connectivity index (χ2v) is 27.4. The van der Waals surface area contributed by atoms with E-state index in [4.69, 9.17) is 80.9 Å². The van der Waals surface area contributed by atoms with Crippen LogP contribution >= 0.6 is 0 Å². The van der Waals surface area contributed by atoms with E-state index in [2.05, 4.69) is 0 Å². The van der Waals surface area contributed by atoms with Crippen molar-refractivity contribution in [3.05, 3.63) is 0 Å². The topological polar surface area (TPSA) is 590 Å². The Bertz CT molecular complexity index is 2430. The van der Waals surface area contributed by atoms with Crippen LogP contribution in [0.2, 0.25) is 0 Å². The molecule has 0 radical (unpaired) electrons. The van der Waals surface area contributed by atoms with Gasteiger partial charge in [-0.1, -0.05) is 45.4 Å². The van der Waals surface area contributed by atoms with Crippen LogP contribution in [0.3, 0.4) is 0 Å². The third-order valence-corrected chi connectivity index (χ3v) is 19.8. The lowest BCUT2D eigenvalue weighted by atomic mass is 9.94. The summed E-state index contributed by atoms with van der Waals surface area (Å²) in [5, 5.41) is 233. The van der Waals surface area contributed by atoms with Crippen molar-refractivity contribution in [2.75, 3.05) is 13.2 Å². The van der Waals surface area contributed by atoms with Crippen LogP contribution in [-0.2, 0) is 80.6 Å². The molecule has 8 aliphatic heterocycles. The molecule has 0 bridgehead atoms. The summed E-state index contributed by atoms with van der Waals surface area (Å²) < 4.78 is 99.4. The summed E-state index contributed by atoms with van der Waals surface area (Å²) in [5.74, 6) is -1.10. The first-order valence-corrected chi connectivity index (χ1v) is 34.4. The molecule has 0 amide bonds. The number of ether oxygens (including phenoxy) is 16. The third kappa shape index (κ3) is 19.5. The molecule has 8 fully saturated rings. The smallest absolute Gasteiger partial charge is 0.305 e. The number of aliphatic carboxylic acids is 1. The van der Waals surface area contributed by atoms with E-state index in [0.29, 0.717) is 51.4 Å². The second kappa shape index (κ2) is 37.2. The van der Waals surface area contributed by atoms with Crippen LogP contribution in [0.4, 0.5) is 0 Å². The standard InChI is InChI=1S/C62H108O38/c1-8-14-27(16-13-11-9-10-12-15-26(65)17-30(66)67)91-59-50(41(78)34(71)23(5)89-59)97-60-52(43(80)37(74)28(18-63)92-60)98-62-54(100-57-46(83)40(77)33(70)22(4)87-57)53(48(25(7)90-62)94-55-44(81)38(75)31(68)20(2)85-55)99-61-51(42(79)36(73)29(19-64)93-61)96-58-47(84)49(35(72)24(6)88-58)95-56-45(82)39(76)32(69)21(3)86-56/h20-29,31-65,68-84H,8-19H2,1-7H3,(H,66,67)/t20-,21+,22+,23-,24-,25+,26+,27+,28-,29-,31-,32+,33+,34+,35-,36-,37-,38+,39-,40-,41+,42+,43+,44-,45-,46-,47-,48+,49+,50-,51-,52-,53-,54-,55+,56+,57+,58+,59+,60+,61+,62+/m1/s1. The fourth-order valence-electron chi connectivity index (χ4n) is 13.6. The van der Waals surface area contributed by atoms with Gasteiger partial charge in [0.05, 0.1) is 68.5 Å². The number of hydrogen-bond acceptors (Lipinski definition) is 37. The summed E-state index contributed by atoms with van der Waals surface area (Å²) >= 11 is 0. The van der Waals surface area contributed by atoms with Gasteiger partial charge in [0, 0.05) is 0 Å². The molecule has 8 aliphatic rings. The Morgan fingerprint density at radius 3 is 1.10 bits per heavy atom. The molecule has 0 aromatic heterocycles. The normalized spacial score (nSPS) is 49.6. The van der Waals surface area contributed by atoms with Crippen molar-refractivity contribution >= 4 is 5.97 Å². The van der Waals surface area contributed by atoms with Crippen molar-refractivity contribution in [3.63, 3.8) is 0 Å². The molecule has 0 spiro atoms. The van der Waals surface area contributed by atoms with E-state index in [1.54, 1.807) is 0 Å². The Morgan fingerprint density at radius 2 is 0.650 bits per heavy atom. The van der Waals surface area contributed by atoms with Gasteiger partial charge in [0.15, 0.2) is 50.3 Å². The van der Waals surface area contributed by atoms with Gasteiger partial charge in [0.25, 0.3) is 0 Å². The van der Waals surface area contributed by atoms with Gasteiger partial charge in [-0.15, -0.1) is 0 Å². The number of rotatable bonds is 30. The van der Waals surface area contributed by atoms with Gasteiger partial charge in [-0.05, 0) is 60.8 Å². The van der Waals surface area contributed by atoms with Crippen LogP contribution in [0.15, 0.2) is 0 Å². The maximum atomic E-state index is 12.2. The monoisotopic (exact) mass is 1460 g/mol. The molecule has 38 heteroatoms. The second-order valence-electron chi connectivity index (χ2n) is 27.4. The van der Waals surface area contributed by atoms with Crippen LogP contribution in [0.5, 0.6) is 0 Å². The van der Waals surface area contributed by atoms with Crippen LogP contribution in [0, 0.1) is 0 Å². The predicted molar refractivity (Wildman–Crippen MR) is 324 cm³/mol. The van der Waals surface area contributed by atoms with E-state index in [-0.39, 0.29) is 6.42 Å². The van der Waals surface area contributed by atoms with Crippen molar-refractivity contribution in [2.45, 2.75) is 371 Å². The number of carboxylic acids is 1. The fourth-order valence-corrected chi connectivity index (χ4v) is 13.6. The zero-order chi connectivity index (χ0) is 73.6. The highest BCUT2D eigenvalue weighted by molar-refractivity contribution is 5.67. The minimum atomic E-state index is -2.26. The molecule has 8 rings (SSSR count). The van der Waals surface area contributed by atoms with Crippen LogP contribution < -0.4 is 0 Å². The molecule has 0 saturated carbocycles. The average molecular weight is 1460 g/mol. The van der Waals surface area contributed by atoms with Crippen LogP contribution in [0.25, 0.3) is 0 Å². The first kappa shape index (κ1) is 83.7. The van der Waals surface area contributed by atoms with Gasteiger partial charge in [0.2, 0.25) is 0 Å². The van der Waals surface area contributed by atoms with Crippen LogP contribution in [-0.4, -0.2) is 384 Å². The Hall–Kier alpha value is -1.97. The molecule has 100 heavy (non-hydrogen) atoms. The maximum Gasteiger partial charge on any atom is 0.305 e. The quantitative estimate of drug-likeness (QED) is 0.0297. The minimum Gasteiger partial charge on any atom is -0.481 e. The summed E-state index contributed by atoms with van der Waals surface area (Å²) in [7, 11) is 0. The van der Waals surface area contributed by atoms with Gasteiger partial charge >= 0.3 is 5.97 Å². The molecule has 38 nitrogen and oxygen atoms in total. The summed E-state index contributed by atoms with van der Waals surface area (Å²) in [6.07, 6.45) is -71.5. The van der Waals surface area contributed by atoms with Gasteiger partial charge in [-0.3, -0.25) is 4.79 Å². The van der Waals surface area contributed by atoms with E-state index in [9.17, 15) is 107 Å². The zero-order valence-electron chi connectivity index (χ0n) is 56.6. The number of hydrogen-bond donors (Lipinski definition) is 21. The lowest BCUT2D eigenvalue weighted by molar-refractivity contribution is -0.428. The number of aliphatic hydroxyl groups excluding tert-OH is 20. The molecule has 0 unspecified atom stereocenters. The van der Waals surface area contributed by atoms with Crippen molar-refractivity contribution < 1.29 is 188 Å². The first-order valence-electron chi connectivity index (χ1n) is 34.4. The minimum absolute atomic E-state index is 0.316. The van der Waals surface area contributed by atoms with Gasteiger partial charge < -0.3 is 183 Å². The van der Waals surface area contributed by atoms with E-state index >= 15 is 0 Å². The van der Waals surface area contributed by atoms with E-state index in [0.717, 1.165) is 6.42 Å². The molecular weight excluding hydrogens is 1350 g/mol. The van der Waals surface area contributed by atoms with Gasteiger partial charge in [0.1, 0.15) is 159 Å². The van der Waals surface area contributed by atoms with Crippen LogP contribution in [0.1, 0.15) is 113 Å². The third-order valence-electron chi connectivity index (χ3n) is 19.8.